The van der Waals surface area contributed by atoms with Gasteiger partial charge < -0.3 is 9.30 Å². The van der Waals surface area contributed by atoms with Crippen molar-refractivity contribution in [2.75, 3.05) is 18.1 Å². The summed E-state index contributed by atoms with van der Waals surface area (Å²) in [4.78, 5) is 44.1. The second-order valence-corrected chi connectivity index (χ2v) is 7.99. The maximum Gasteiger partial charge on any atom is 0.321 e. The van der Waals surface area contributed by atoms with Crippen LogP contribution in [0.15, 0.2) is 48.5 Å². The summed E-state index contributed by atoms with van der Waals surface area (Å²) in [6, 6.07) is 12.7. The lowest BCUT2D eigenvalue weighted by Gasteiger charge is -2.37. The second-order valence-electron chi connectivity index (χ2n) is 7.99. The predicted molar refractivity (Wildman–Crippen MR) is 123 cm³/mol. The zero-order valence-electron chi connectivity index (χ0n) is 18.6. The van der Waals surface area contributed by atoms with Gasteiger partial charge in [0.25, 0.3) is 5.69 Å². The number of imidazole rings is 1. The average molecular weight is 450 g/mol. The van der Waals surface area contributed by atoms with Crippen LogP contribution >= 0.6 is 0 Å². The van der Waals surface area contributed by atoms with Gasteiger partial charge in [0, 0.05) is 18.7 Å². The number of carbonyl (C=O) groups excluding carboxylic acids is 2. The minimum Gasteiger partial charge on any atom is -0.465 e. The fourth-order valence-corrected chi connectivity index (χ4v) is 4.40. The van der Waals surface area contributed by atoms with E-state index in [0.717, 1.165) is 24.8 Å². The minimum absolute atomic E-state index is 0.112. The lowest BCUT2D eigenvalue weighted by Crippen LogP contribution is -2.50. The number of nitrogens with zero attached hydrogens (tertiary/aromatic N) is 4. The topological polar surface area (TPSA) is 108 Å². The Morgan fingerprint density at radius 1 is 1.15 bits per heavy atom. The Bertz CT molecular complexity index is 1200. The third-order valence-electron chi connectivity index (χ3n) is 5.89. The smallest absolute Gasteiger partial charge is 0.321 e. The number of aromatic nitrogens is 2. The number of para-hydroxylation sites is 2. The number of carbonyl (C=O) groups is 2. The Hall–Kier alpha value is -3.75. The number of unbranched alkanes of at least 4 members (excludes halogenated alkanes) is 2. The monoisotopic (exact) mass is 450 g/mol. The quantitative estimate of drug-likeness (QED) is 0.167. The highest BCUT2D eigenvalue weighted by Gasteiger charge is 2.47. The Kier molecular flexibility index (Phi) is 6.39. The summed E-state index contributed by atoms with van der Waals surface area (Å²) >= 11 is 0. The van der Waals surface area contributed by atoms with Gasteiger partial charge in [0.1, 0.15) is 0 Å². The van der Waals surface area contributed by atoms with E-state index in [-0.39, 0.29) is 12.3 Å². The lowest BCUT2D eigenvalue weighted by atomic mass is 9.89. The number of benzene rings is 2. The summed E-state index contributed by atoms with van der Waals surface area (Å²) in [7, 11) is 0. The minimum atomic E-state index is -1.18. The van der Waals surface area contributed by atoms with E-state index < -0.39 is 28.8 Å². The standard InChI is InChI=1S/C24H26N4O5/c1-3-5-8-14-26-22(29)20(23(30)33-4-2)21(16-10-9-11-17(15-16)28(31)32)27-19-13-7-6-12-18(19)25-24(26)27/h6-7,9-13,15,20-21H,3-5,8,14H2,1-2H3/t20-,21-/m0/s1. The third-order valence-corrected chi connectivity index (χ3v) is 5.89. The molecule has 2 heterocycles. The molecule has 2 atom stereocenters. The lowest BCUT2D eigenvalue weighted by molar-refractivity contribution is -0.384. The van der Waals surface area contributed by atoms with E-state index >= 15 is 0 Å². The van der Waals surface area contributed by atoms with Gasteiger partial charge in [0.05, 0.1) is 28.6 Å². The van der Waals surface area contributed by atoms with Crippen molar-refractivity contribution in [3.63, 3.8) is 0 Å². The first kappa shape index (κ1) is 22.4. The number of nitro groups is 1. The van der Waals surface area contributed by atoms with Crippen LogP contribution in [0.2, 0.25) is 0 Å². The normalized spacial score (nSPS) is 17.8. The first-order valence-corrected chi connectivity index (χ1v) is 11.2. The molecule has 0 aliphatic carbocycles. The van der Waals surface area contributed by atoms with Gasteiger partial charge >= 0.3 is 5.97 Å². The number of nitro benzene ring substituents is 1. The zero-order valence-corrected chi connectivity index (χ0v) is 18.6. The summed E-state index contributed by atoms with van der Waals surface area (Å²) in [5, 5.41) is 11.4. The van der Waals surface area contributed by atoms with Gasteiger partial charge in [-0.05, 0) is 31.0 Å². The summed E-state index contributed by atoms with van der Waals surface area (Å²) in [5.41, 5.74) is 1.79. The van der Waals surface area contributed by atoms with Crippen molar-refractivity contribution in [2.24, 2.45) is 5.92 Å². The van der Waals surface area contributed by atoms with Crippen LogP contribution in [0.25, 0.3) is 11.0 Å². The molecule has 0 radical (unpaired) electrons. The molecule has 0 bridgehead atoms. The Morgan fingerprint density at radius 2 is 1.94 bits per heavy atom. The number of amides is 1. The number of hydrogen-bond acceptors (Lipinski definition) is 6. The van der Waals surface area contributed by atoms with Crippen molar-refractivity contribution in [2.45, 2.75) is 39.2 Å². The molecule has 3 aromatic rings. The highest BCUT2D eigenvalue weighted by atomic mass is 16.6. The van der Waals surface area contributed by atoms with Gasteiger partial charge in [-0.25, -0.2) is 4.98 Å². The molecule has 1 aliphatic heterocycles. The molecule has 0 fully saturated rings. The molecule has 0 spiro atoms. The highest BCUT2D eigenvalue weighted by molar-refractivity contribution is 6.08. The van der Waals surface area contributed by atoms with Crippen LogP contribution in [0.3, 0.4) is 0 Å². The van der Waals surface area contributed by atoms with Gasteiger partial charge in [-0.1, -0.05) is 44.0 Å². The Morgan fingerprint density at radius 3 is 2.67 bits per heavy atom. The predicted octanol–water partition coefficient (Wildman–Crippen LogP) is 4.25. The Balaban J connectivity index is 1.96. The molecule has 4 rings (SSSR count). The van der Waals surface area contributed by atoms with Crippen molar-refractivity contribution < 1.29 is 19.2 Å². The van der Waals surface area contributed by atoms with E-state index in [1.54, 1.807) is 24.0 Å². The first-order chi connectivity index (χ1) is 16.0. The molecule has 1 aliphatic rings. The van der Waals surface area contributed by atoms with Gasteiger partial charge in [0.2, 0.25) is 11.9 Å². The van der Waals surface area contributed by atoms with Crippen molar-refractivity contribution in [1.82, 2.24) is 9.55 Å². The zero-order chi connectivity index (χ0) is 23.5. The molecule has 172 valence electrons. The number of ether oxygens (including phenoxy) is 1. The molecular weight excluding hydrogens is 424 g/mol. The average Bonchev–Trinajstić information content (AvgIpc) is 3.19. The van der Waals surface area contributed by atoms with Crippen LogP contribution in [-0.2, 0) is 14.3 Å². The number of rotatable bonds is 8. The molecule has 2 aromatic carbocycles. The second kappa shape index (κ2) is 9.40. The van der Waals surface area contributed by atoms with E-state index in [2.05, 4.69) is 6.92 Å². The SMILES string of the molecule is CCCCCN1C(=O)[C@@H](C(=O)OCC)[C@H](c2cccc([N+](=O)[O-])c2)n2c1nc1ccccc12. The summed E-state index contributed by atoms with van der Waals surface area (Å²) in [6.07, 6.45) is 2.68. The molecule has 0 unspecified atom stereocenters. The van der Waals surface area contributed by atoms with Crippen molar-refractivity contribution >= 4 is 34.5 Å². The van der Waals surface area contributed by atoms with Crippen LogP contribution in [0.5, 0.6) is 0 Å². The number of esters is 1. The molecule has 0 N–H and O–H groups in total. The van der Waals surface area contributed by atoms with Gasteiger partial charge in [-0.2, -0.15) is 0 Å². The van der Waals surface area contributed by atoms with Crippen LogP contribution < -0.4 is 4.90 Å². The summed E-state index contributed by atoms with van der Waals surface area (Å²) in [5.74, 6) is -1.79. The van der Waals surface area contributed by atoms with E-state index in [9.17, 15) is 19.7 Å². The number of hydrogen-bond donors (Lipinski definition) is 0. The van der Waals surface area contributed by atoms with Gasteiger partial charge in [-0.15, -0.1) is 0 Å². The number of fused-ring (bicyclic) bond motifs is 3. The molecule has 9 nitrogen and oxygen atoms in total. The number of non-ortho nitro benzene ring substituents is 1. The van der Waals surface area contributed by atoms with Gasteiger partial charge in [0.15, 0.2) is 5.92 Å². The molecule has 0 saturated carbocycles. The van der Waals surface area contributed by atoms with E-state index in [0.29, 0.717) is 23.6 Å². The summed E-state index contributed by atoms with van der Waals surface area (Å²) in [6.45, 7) is 4.31. The maximum absolute atomic E-state index is 13.7. The molecule has 0 saturated heterocycles. The fraction of sp³-hybridized carbons (Fsp3) is 0.375. The fourth-order valence-electron chi connectivity index (χ4n) is 4.40. The van der Waals surface area contributed by atoms with Crippen LogP contribution in [0.4, 0.5) is 11.6 Å². The molecule has 9 heteroatoms. The summed E-state index contributed by atoms with van der Waals surface area (Å²) < 4.78 is 7.16. The Labute approximate surface area is 191 Å². The molecule has 1 aromatic heterocycles. The van der Waals surface area contributed by atoms with Crippen LogP contribution in [-0.4, -0.2) is 39.5 Å². The molecule has 1 amide bonds. The van der Waals surface area contributed by atoms with Crippen molar-refractivity contribution in [3.8, 4) is 0 Å². The van der Waals surface area contributed by atoms with E-state index in [1.165, 1.54) is 12.1 Å². The molecular formula is C24H26N4O5. The first-order valence-electron chi connectivity index (χ1n) is 11.2. The van der Waals surface area contributed by atoms with E-state index in [1.807, 2.05) is 28.8 Å². The van der Waals surface area contributed by atoms with Gasteiger partial charge in [-0.3, -0.25) is 24.6 Å². The number of anilines is 1. The highest BCUT2D eigenvalue weighted by Crippen LogP contribution is 2.42. The largest absolute Gasteiger partial charge is 0.465 e. The third kappa shape index (κ3) is 4.06. The van der Waals surface area contributed by atoms with Crippen LogP contribution in [0, 0.1) is 16.0 Å². The maximum atomic E-state index is 13.7. The molecule has 33 heavy (non-hydrogen) atoms. The van der Waals surface area contributed by atoms with Crippen molar-refractivity contribution in [3.05, 3.63) is 64.2 Å². The van der Waals surface area contributed by atoms with Crippen molar-refractivity contribution in [1.29, 1.82) is 0 Å². The van der Waals surface area contributed by atoms with Crippen LogP contribution in [0.1, 0.15) is 44.7 Å². The van der Waals surface area contributed by atoms with E-state index in [4.69, 9.17) is 9.72 Å².